The molecule has 0 saturated heterocycles. The number of rotatable bonds is 12. The molecule has 0 N–H and O–H groups in total. The van der Waals surface area contributed by atoms with Crippen molar-refractivity contribution < 1.29 is 19.1 Å². The number of hydrogen-bond donors (Lipinski definition) is 0. The minimum atomic E-state index is -0.395. The molecule has 182 valence electrons. The minimum Gasteiger partial charge on any atom is -0.462 e. The molecule has 34 heavy (non-hydrogen) atoms. The number of carbonyl (C=O) groups excluding carboxylic acids is 2. The summed E-state index contributed by atoms with van der Waals surface area (Å²) in [6.45, 7) is 6.15. The van der Waals surface area contributed by atoms with Crippen LogP contribution in [0.4, 0.5) is 0 Å². The van der Waals surface area contributed by atoms with Crippen LogP contribution in [0.1, 0.15) is 88.9 Å². The Morgan fingerprint density at radius 2 is 1.21 bits per heavy atom. The third-order valence-electron chi connectivity index (χ3n) is 5.90. The van der Waals surface area contributed by atoms with Gasteiger partial charge in [0.1, 0.15) is 5.60 Å². The fraction of sp³-hybridized carbons (Fsp3) is 0.467. The molecule has 4 nitrogen and oxygen atoms in total. The molecule has 0 spiro atoms. The Morgan fingerprint density at radius 1 is 0.706 bits per heavy atom. The van der Waals surface area contributed by atoms with Crippen LogP contribution in [0.2, 0.25) is 0 Å². The third kappa shape index (κ3) is 7.86. The standard InChI is InChI=1S/C30H38O4/c1-30(2,3)34-27(31)20-10-8-6-4-5-7-9-15-21-33-29(32)28-25-18-13-11-16-23(25)22-24-17-12-14-19-26(24)28/h11-14,16-19,22H,4-10,15,20-21H2,1-3H3. The maximum atomic E-state index is 13.0. The van der Waals surface area contributed by atoms with Crippen LogP contribution >= 0.6 is 0 Å². The molecule has 0 aromatic heterocycles. The van der Waals surface area contributed by atoms with Crippen LogP contribution in [0, 0.1) is 0 Å². The number of ether oxygens (including phenoxy) is 2. The van der Waals surface area contributed by atoms with E-state index in [1.165, 1.54) is 12.8 Å². The maximum absolute atomic E-state index is 13.0. The summed E-state index contributed by atoms with van der Waals surface area (Å²) in [6, 6.07) is 18.1. The Labute approximate surface area is 203 Å². The molecule has 0 bridgehead atoms. The highest BCUT2D eigenvalue weighted by Gasteiger charge is 2.16. The first-order valence-corrected chi connectivity index (χ1v) is 12.6. The van der Waals surface area contributed by atoms with Crippen LogP contribution in [0.25, 0.3) is 21.5 Å². The largest absolute Gasteiger partial charge is 0.462 e. The SMILES string of the molecule is CC(C)(C)OC(=O)CCCCCCCCCCOC(=O)c1c2ccccc2cc2ccccc12. The van der Waals surface area contributed by atoms with E-state index in [2.05, 4.69) is 6.07 Å². The maximum Gasteiger partial charge on any atom is 0.339 e. The highest BCUT2D eigenvalue weighted by atomic mass is 16.6. The molecular formula is C30H38O4. The summed E-state index contributed by atoms with van der Waals surface area (Å²) in [7, 11) is 0. The first-order valence-electron chi connectivity index (χ1n) is 12.6. The highest BCUT2D eigenvalue weighted by Crippen LogP contribution is 2.29. The van der Waals surface area contributed by atoms with Crippen LogP contribution in [0.5, 0.6) is 0 Å². The summed E-state index contributed by atoms with van der Waals surface area (Å²) < 4.78 is 11.0. The third-order valence-corrected chi connectivity index (χ3v) is 5.90. The molecule has 0 unspecified atom stereocenters. The molecule has 0 aliphatic heterocycles. The van der Waals surface area contributed by atoms with Crippen LogP contribution < -0.4 is 0 Å². The lowest BCUT2D eigenvalue weighted by molar-refractivity contribution is -0.154. The molecule has 3 rings (SSSR count). The first-order chi connectivity index (χ1) is 16.3. The van der Waals surface area contributed by atoms with Gasteiger partial charge in [-0.15, -0.1) is 0 Å². The first kappa shape index (κ1) is 25.7. The molecule has 0 radical (unpaired) electrons. The average molecular weight is 463 g/mol. The second-order valence-electron chi connectivity index (χ2n) is 9.99. The molecule has 3 aromatic carbocycles. The van der Waals surface area contributed by atoms with E-state index >= 15 is 0 Å². The molecule has 0 atom stereocenters. The van der Waals surface area contributed by atoms with Gasteiger partial charge < -0.3 is 9.47 Å². The Kier molecular flexibility index (Phi) is 9.50. The Morgan fingerprint density at radius 3 is 1.76 bits per heavy atom. The van der Waals surface area contributed by atoms with Gasteiger partial charge in [0.25, 0.3) is 0 Å². The van der Waals surface area contributed by atoms with Gasteiger partial charge in [-0.3, -0.25) is 4.79 Å². The van der Waals surface area contributed by atoms with E-state index in [1.54, 1.807) is 0 Å². The molecule has 0 saturated carbocycles. The van der Waals surface area contributed by atoms with Crippen molar-refractivity contribution in [3.8, 4) is 0 Å². The smallest absolute Gasteiger partial charge is 0.339 e. The molecule has 0 aliphatic carbocycles. The van der Waals surface area contributed by atoms with Gasteiger partial charge in [-0.2, -0.15) is 0 Å². The number of fused-ring (bicyclic) bond motifs is 2. The summed E-state index contributed by atoms with van der Waals surface area (Å²) in [5.74, 6) is -0.337. The van der Waals surface area contributed by atoms with Crippen LogP contribution in [0.15, 0.2) is 54.6 Å². The molecule has 3 aromatic rings. The fourth-order valence-corrected chi connectivity index (χ4v) is 4.30. The number of unbranched alkanes of at least 4 members (excludes halogenated alkanes) is 7. The van der Waals surface area contributed by atoms with E-state index in [0.717, 1.165) is 60.1 Å². The van der Waals surface area contributed by atoms with Crippen molar-refractivity contribution >= 4 is 33.5 Å². The van der Waals surface area contributed by atoms with Crippen molar-refractivity contribution in [1.82, 2.24) is 0 Å². The van der Waals surface area contributed by atoms with Crippen LogP contribution in [0.3, 0.4) is 0 Å². The Balaban J connectivity index is 1.33. The zero-order valence-electron chi connectivity index (χ0n) is 20.9. The van der Waals surface area contributed by atoms with Crippen molar-refractivity contribution in [2.45, 2.75) is 84.2 Å². The van der Waals surface area contributed by atoms with Gasteiger partial charge in [0.05, 0.1) is 12.2 Å². The zero-order valence-corrected chi connectivity index (χ0v) is 20.9. The highest BCUT2D eigenvalue weighted by molar-refractivity contribution is 6.16. The molecule has 0 fully saturated rings. The number of esters is 2. The van der Waals surface area contributed by atoms with Crippen molar-refractivity contribution in [3.05, 3.63) is 60.2 Å². The van der Waals surface area contributed by atoms with Crippen molar-refractivity contribution in [2.75, 3.05) is 6.61 Å². The summed E-state index contributed by atoms with van der Waals surface area (Å²) in [5, 5.41) is 3.99. The topological polar surface area (TPSA) is 52.6 Å². The summed E-state index contributed by atoms with van der Waals surface area (Å²) in [4.78, 5) is 24.7. The number of carbonyl (C=O) groups is 2. The van der Waals surface area contributed by atoms with E-state index in [-0.39, 0.29) is 11.9 Å². The molecular weight excluding hydrogens is 424 g/mol. The zero-order chi connectivity index (χ0) is 24.4. The minimum absolute atomic E-state index is 0.0986. The van der Waals surface area contributed by atoms with Gasteiger partial charge in [0, 0.05) is 6.42 Å². The molecule has 4 heteroatoms. The average Bonchev–Trinajstić information content (AvgIpc) is 2.79. The van der Waals surface area contributed by atoms with E-state index in [1.807, 2.05) is 69.3 Å². The van der Waals surface area contributed by atoms with Gasteiger partial charge in [-0.1, -0.05) is 87.1 Å². The van der Waals surface area contributed by atoms with Crippen molar-refractivity contribution in [2.24, 2.45) is 0 Å². The summed E-state index contributed by atoms with van der Waals surface area (Å²) in [6.07, 6.45) is 9.05. The Bertz CT molecular complexity index is 1040. The number of benzene rings is 3. The lowest BCUT2D eigenvalue weighted by Crippen LogP contribution is -2.23. The fourth-order valence-electron chi connectivity index (χ4n) is 4.30. The van der Waals surface area contributed by atoms with Crippen LogP contribution in [-0.2, 0) is 14.3 Å². The van der Waals surface area contributed by atoms with E-state index in [0.29, 0.717) is 18.6 Å². The normalized spacial score (nSPS) is 11.6. The van der Waals surface area contributed by atoms with Crippen LogP contribution in [-0.4, -0.2) is 24.1 Å². The van der Waals surface area contributed by atoms with E-state index in [4.69, 9.17) is 9.47 Å². The Hall–Kier alpha value is -2.88. The second kappa shape index (κ2) is 12.5. The predicted molar refractivity (Wildman–Crippen MR) is 139 cm³/mol. The number of hydrogen-bond acceptors (Lipinski definition) is 4. The predicted octanol–water partition coefficient (Wildman–Crippen LogP) is 8.00. The van der Waals surface area contributed by atoms with Gasteiger partial charge in [0.2, 0.25) is 0 Å². The monoisotopic (exact) mass is 462 g/mol. The van der Waals surface area contributed by atoms with Gasteiger partial charge in [-0.25, -0.2) is 4.79 Å². The quantitative estimate of drug-likeness (QED) is 0.155. The lowest BCUT2D eigenvalue weighted by atomic mass is 9.97. The molecule has 0 amide bonds. The molecule has 0 heterocycles. The van der Waals surface area contributed by atoms with Crippen molar-refractivity contribution in [1.29, 1.82) is 0 Å². The van der Waals surface area contributed by atoms with Crippen molar-refractivity contribution in [3.63, 3.8) is 0 Å². The summed E-state index contributed by atoms with van der Waals surface area (Å²) in [5.41, 5.74) is 0.272. The van der Waals surface area contributed by atoms with Gasteiger partial charge in [0.15, 0.2) is 0 Å². The summed E-state index contributed by atoms with van der Waals surface area (Å²) >= 11 is 0. The van der Waals surface area contributed by atoms with E-state index < -0.39 is 5.60 Å². The molecule has 0 aliphatic rings. The van der Waals surface area contributed by atoms with E-state index in [9.17, 15) is 9.59 Å². The second-order valence-corrected chi connectivity index (χ2v) is 9.99. The van der Waals surface area contributed by atoms with Gasteiger partial charge in [-0.05, 0) is 61.2 Å². The van der Waals surface area contributed by atoms with Gasteiger partial charge >= 0.3 is 11.9 Å². The lowest BCUT2D eigenvalue weighted by Gasteiger charge is -2.19.